The quantitative estimate of drug-likeness (QED) is 0.561. The first-order valence-electron chi connectivity index (χ1n) is 9.45. The van der Waals surface area contributed by atoms with Crippen LogP contribution in [0.3, 0.4) is 0 Å². The molecule has 0 saturated heterocycles. The van der Waals surface area contributed by atoms with E-state index in [2.05, 4.69) is 5.32 Å². The molecule has 0 aliphatic heterocycles. The molecule has 1 N–H and O–H groups in total. The fourth-order valence-corrected chi connectivity index (χ4v) is 2.91. The summed E-state index contributed by atoms with van der Waals surface area (Å²) < 4.78 is 23.7. The number of esters is 1. The van der Waals surface area contributed by atoms with Crippen LogP contribution in [0.4, 0.5) is 4.39 Å². The smallest absolute Gasteiger partial charge is 0.307 e. The number of ether oxygens (including phenoxy) is 2. The fourth-order valence-electron chi connectivity index (χ4n) is 2.91. The van der Waals surface area contributed by atoms with E-state index in [-0.39, 0.29) is 12.3 Å². The molecule has 0 spiro atoms. The van der Waals surface area contributed by atoms with E-state index in [1.807, 2.05) is 30.3 Å². The molecule has 0 aliphatic carbocycles. The summed E-state index contributed by atoms with van der Waals surface area (Å²) in [6, 6.07) is 21.5. The third-order valence-corrected chi connectivity index (χ3v) is 4.52. The van der Waals surface area contributed by atoms with Gasteiger partial charge in [0.05, 0.1) is 19.6 Å². The first-order valence-corrected chi connectivity index (χ1v) is 9.45. The lowest BCUT2D eigenvalue weighted by molar-refractivity contribution is -0.141. The van der Waals surface area contributed by atoms with Gasteiger partial charge < -0.3 is 14.8 Å². The van der Waals surface area contributed by atoms with Crippen LogP contribution in [0.5, 0.6) is 5.75 Å². The predicted molar refractivity (Wildman–Crippen MR) is 110 cm³/mol. The molecule has 5 nitrogen and oxygen atoms in total. The predicted octanol–water partition coefficient (Wildman–Crippen LogP) is 4.44. The molecule has 0 bridgehead atoms. The second kappa shape index (κ2) is 10.2. The molecule has 1 unspecified atom stereocenters. The fraction of sp³-hybridized carbons (Fsp3) is 0.167. The molecule has 3 rings (SSSR count). The van der Waals surface area contributed by atoms with Crippen LogP contribution >= 0.6 is 0 Å². The van der Waals surface area contributed by atoms with Gasteiger partial charge in [-0.1, -0.05) is 48.5 Å². The third kappa shape index (κ3) is 5.91. The molecule has 3 aromatic carbocycles. The number of nitrogens with one attached hydrogen (secondary N) is 1. The average Bonchev–Trinajstić information content (AvgIpc) is 2.78. The van der Waals surface area contributed by atoms with Gasteiger partial charge in [-0.3, -0.25) is 9.59 Å². The van der Waals surface area contributed by atoms with Crippen LogP contribution < -0.4 is 10.1 Å². The number of hydrogen-bond donors (Lipinski definition) is 1. The van der Waals surface area contributed by atoms with E-state index in [9.17, 15) is 14.0 Å². The Morgan fingerprint density at radius 2 is 1.70 bits per heavy atom. The van der Waals surface area contributed by atoms with Crippen molar-refractivity contribution in [2.45, 2.75) is 19.1 Å². The Labute approximate surface area is 174 Å². The summed E-state index contributed by atoms with van der Waals surface area (Å²) in [7, 11) is 1.28. The standard InChI is InChI=1S/C24H22FNO4/c1-29-23(27)15-22(18-10-12-20(25)13-11-18)26-24(28)19-8-5-9-21(14-19)30-16-17-6-3-2-4-7-17/h2-14,22H,15-16H2,1H3,(H,26,28). The molecule has 30 heavy (non-hydrogen) atoms. The number of benzene rings is 3. The Bertz CT molecular complexity index is 990. The largest absolute Gasteiger partial charge is 0.489 e. The summed E-state index contributed by atoms with van der Waals surface area (Å²) >= 11 is 0. The van der Waals surface area contributed by atoms with E-state index in [4.69, 9.17) is 9.47 Å². The molecule has 0 aromatic heterocycles. The lowest BCUT2D eigenvalue weighted by Gasteiger charge is -2.18. The number of hydrogen-bond acceptors (Lipinski definition) is 4. The van der Waals surface area contributed by atoms with Crippen LogP contribution in [0.15, 0.2) is 78.9 Å². The van der Waals surface area contributed by atoms with Crippen LogP contribution in [0.2, 0.25) is 0 Å². The Kier molecular flexibility index (Phi) is 7.16. The first-order chi connectivity index (χ1) is 14.5. The second-order valence-electron chi connectivity index (χ2n) is 6.66. The van der Waals surface area contributed by atoms with Crippen molar-refractivity contribution in [1.82, 2.24) is 5.32 Å². The molecule has 0 radical (unpaired) electrons. The van der Waals surface area contributed by atoms with Gasteiger partial charge in [0.1, 0.15) is 18.2 Å². The molecular formula is C24H22FNO4. The van der Waals surface area contributed by atoms with Crippen molar-refractivity contribution < 1.29 is 23.5 Å². The SMILES string of the molecule is COC(=O)CC(NC(=O)c1cccc(OCc2ccccc2)c1)c1ccc(F)cc1. The Balaban J connectivity index is 1.71. The van der Waals surface area contributed by atoms with Gasteiger partial charge >= 0.3 is 5.97 Å². The molecular weight excluding hydrogens is 385 g/mol. The van der Waals surface area contributed by atoms with Gasteiger partial charge in [-0.25, -0.2) is 4.39 Å². The molecule has 0 heterocycles. The summed E-state index contributed by atoms with van der Waals surface area (Å²) in [6.45, 7) is 0.381. The zero-order valence-electron chi connectivity index (χ0n) is 16.5. The highest BCUT2D eigenvalue weighted by Crippen LogP contribution is 2.20. The summed E-state index contributed by atoms with van der Waals surface area (Å²) in [4.78, 5) is 24.6. The van der Waals surface area contributed by atoms with Crippen molar-refractivity contribution in [2.24, 2.45) is 0 Å². The minimum absolute atomic E-state index is 0.0714. The van der Waals surface area contributed by atoms with Gasteiger partial charge in [-0.05, 0) is 41.5 Å². The molecule has 6 heteroatoms. The van der Waals surface area contributed by atoms with E-state index in [1.165, 1.54) is 31.4 Å². The molecule has 1 amide bonds. The normalized spacial score (nSPS) is 11.4. The van der Waals surface area contributed by atoms with Gasteiger partial charge in [0.15, 0.2) is 0 Å². The van der Waals surface area contributed by atoms with E-state index in [1.54, 1.807) is 24.3 Å². The van der Waals surface area contributed by atoms with Crippen LogP contribution in [-0.2, 0) is 16.1 Å². The third-order valence-electron chi connectivity index (χ3n) is 4.52. The van der Waals surface area contributed by atoms with E-state index < -0.39 is 17.8 Å². The van der Waals surface area contributed by atoms with E-state index >= 15 is 0 Å². The first kappa shape index (κ1) is 21.0. The molecule has 0 saturated carbocycles. The van der Waals surface area contributed by atoms with E-state index in [0.29, 0.717) is 23.5 Å². The number of methoxy groups -OCH3 is 1. The number of carbonyl (C=O) groups excluding carboxylic acids is 2. The van der Waals surface area contributed by atoms with Gasteiger partial charge in [0, 0.05) is 5.56 Å². The van der Waals surface area contributed by atoms with Gasteiger partial charge in [0.25, 0.3) is 5.91 Å². The summed E-state index contributed by atoms with van der Waals surface area (Å²) in [5.74, 6) is -0.703. The van der Waals surface area contributed by atoms with Crippen molar-refractivity contribution >= 4 is 11.9 Å². The lowest BCUT2D eigenvalue weighted by atomic mass is 10.0. The maximum atomic E-state index is 13.3. The van der Waals surface area contributed by atoms with Crippen molar-refractivity contribution in [3.8, 4) is 5.75 Å². The molecule has 1 atom stereocenters. The zero-order chi connectivity index (χ0) is 21.3. The number of halogens is 1. The molecule has 0 fully saturated rings. The van der Waals surface area contributed by atoms with Crippen LogP contribution in [0.1, 0.15) is 33.9 Å². The maximum Gasteiger partial charge on any atom is 0.307 e. The molecule has 0 aliphatic rings. The van der Waals surface area contributed by atoms with Crippen LogP contribution in [0.25, 0.3) is 0 Å². The van der Waals surface area contributed by atoms with Crippen LogP contribution in [-0.4, -0.2) is 19.0 Å². The number of carbonyl (C=O) groups is 2. The van der Waals surface area contributed by atoms with E-state index in [0.717, 1.165) is 5.56 Å². The number of rotatable bonds is 8. The van der Waals surface area contributed by atoms with Crippen molar-refractivity contribution in [3.05, 3.63) is 101 Å². The highest BCUT2D eigenvalue weighted by atomic mass is 19.1. The van der Waals surface area contributed by atoms with Crippen LogP contribution in [0, 0.1) is 5.82 Å². The number of amides is 1. The molecule has 3 aromatic rings. The maximum absolute atomic E-state index is 13.3. The topological polar surface area (TPSA) is 64.6 Å². The zero-order valence-corrected chi connectivity index (χ0v) is 16.5. The van der Waals surface area contributed by atoms with Gasteiger partial charge in [-0.15, -0.1) is 0 Å². The van der Waals surface area contributed by atoms with Crippen molar-refractivity contribution in [3.63, 3.8) is 0 Å². The van der Waals surface area contributed by atoms with Gasteiger partial charge in [0.2, 0.25) is 0 Å². The highest BCUT2D eigenvalue weighted by Gasteiger charge is 2.20. The Hall–Kier alpha value is -3.67. The monoisotopic (exact) mass is 407 g/mol. The lowest BCUT2D eigenvalue weighted by Crippen LogP contribution is -2.30. The highest BCUT2D eigenvalue weighted by molar-refractivity contribution is 5.95. The van der Waals surface area contributed by atoms with Crippen molar-refractivity contribution in [2.75, 3.05) is 7.11 Å². The second-order valence-corrected chi connectivity index (χ2v) is 6.66. The van der Waals surface area contributed by atoms with Gasteiger partial charge in [-0.2, -0.15) is 0 Å². The minimum Gasteiger partial charge on any atom is -0.489 e. The summed E-state index contributed by atoms with van der Waals surface area (Å²) in [5, 5.41) is 2.82. The summed E-state index contributed by atoms with van der Waals surface area (Å²) in [6.07, 6.45) is -0.0714. The minimum atomic E-state index is -0.653. The molecule has 154 valence electrons. The Morgan fingerprint density at radius 3 is 2.40 bits per heavy atom. The summed E-state index contributed by atoms with van der Waals surface area (Å²) in [5.41, 5.74) is 2.01. The van der Waals surface area contributed by atoms with Crippen molar-refractivity contribution in [1.29, 1.82) is 0 Å². The average molecular weight is 407 g/mol. The Morgan fingerprint density at radius 1 is 0.967 bits per heavy atom.